The maximum atomic E-state index is 12.6. The van der Waals surface area contributed by atoms with Gasteiger partial charge in [-0.15, -0.1) is 0 Å². The van der Waals surface area contributed by atoms with Gasteiger partial charge in [-0.05, 0) is 99.5 Å². The van der Waals surface area contributed by atoms with Gasteiger partial charge in [0.2, 0.25) is 0 Å². The van der Waals surface area contributed by atoms with Gasteiger partial charge in [-0.1, -0.05) is 18.2 Å². The minimum Gasteiger partial charge on any atom is -0.462 e. The molecule has 3 aromatic rings. The number of carbonyl (C=O) groups is 2. The van der Waals surface area contributed by atoms with Crippen molar-refractivity contribution in [3.63, 3.8) is 0 Å². The number of thioether (sulfide) groups is 1. The number of hydrogen-bond donors (Lipinski definition) is 1. The average molecular weight is 474 g/mol. The van der Waals surface area contributed by atoms with E-state index in [-0.39, 0.29) is 11.9 Å². The van der Waals surface area contributed by atoms with Gasteiger partial charge in [-0.3, -0.25) is 4.79 Å². The summed E-state index contributed by atoms with van der Waals surface area (Å²) in [5, 5.41) is 3.44. The van der Waals surface area contributed by atoms with Crippen LogP contribution in [0, 0.1) is 27.7 Å². The van der Waals surface area contributed by atoms with Crippen LogP contribution >= 0.6 is 11.8 Å². The molecule has 34 heavy (non-hydrogen) atoms. The lowest BCUT2D eigenvalue weighted by molar-refractivity contribution is -0.115. The van der Waals surface area contributed by atoms with Gasteiger partial charge in [0.25, 0.3) is 5.91 Å². The van der Waals surface area contributed by atoms with Gasteiger partial charge < -0.3 is 14.6 Å². The fraction of sp³-hybridized carbons (Fsp3) is 0.222. The van der Waals surface area contributed by atoms with E-state index in [0.29, 0.717) is 22.2 Å². The van der Waals surface area contributed by atoms with E-state index in [1.54, 1.807) is 13.0 Å². The summed E-state index contributed by atoms with van der Waals surface area (Å²) in [5.41, 5.74) is 7.38. The Morgan fingerprint density at radius 1 is 1.12 bits per heavy atom. The number of nitrogens with zero attached hydrogens (tertiary/aromatic N) is 2. The Morgan fingerprint density at radius 2 is 1.88 bits per heavy atom. The summed E-state index contributed by atoms with van der Waals surface area (Å²) in [6, 6.07) is 15.3. The van der Waals surface area contributed by atoms with Gasteiger partial charge in [-0.2, -0.15) is 0 Å². The molecule has 1 saturated heterocycles. The molecule has 1 N–H and O–H groups in total. The Kier molecular flexibility index (Phi) is 6.75. The van der Waals surface area contributed by atoms with Crippen LogP contribution in [0.2, 0.25) is 0 Å². The molecule has 0 radical (unpaired) electrons. The molecule has 7 heteroatoms. The largest absolute Gasteiger partial charge is 0.462 e. The van der Waals surface area contributed by atoms with Gasteiger partial charge in [0.05, 0.1) is 22.8 Å². The zero-order chi connectivity index (χ0) is 24.4. The van der Waals surface area contributed by atoms with Crippen molar-refractivity contribution in [3.05, 3.63) is 87.1 Å². The van der Waals surface area contributed by atoms with Crippen LogP contribution < -0.4 is 5.32 Å². The normalized spacial score (nSPS) is 15.7. The van der Waals surface area contributed by atoms with Crippen LogP contribution in [0.4, 0.5) is 5.69 Å². The van der Waals surface area contributed by atoms with E-state index < -0.39 is 0 Å². The molecule has 2 heterocycles. The third-order valence-electron chi connectivity index (χ3n) is 5.82. The van der Waals surface area contributed by atoms with Crippen molar-refractivity contribution in [1.82, 2.24) is 9.88 Å². The number of aliphatic imine (C=N–C) groups is 1. The number of benzene rings is 2. The average Bonchev–Trinajstić information content (AvgIpc) is 3.29. The molecule has 0 atom stereocenters. The number of esters is 1. The Morgan fingerprint density at radius 3 is 2.65 bits per heavy atom. The third kappa shape index (κ3) is 4.70. The zero-order valence-electron chi connectivity index (χ0n) is 19.9. The zero-order valence-corrected chi connectivity index (χ0v) is 20.7. The Hall–Kier alpha value is -3.58. The molecule has 0 spiro atoms. The lowest BCUT2D eigenvalue weighted by Crippen LogP contribution is -2.19. The number of hydrogen-bond acceptors (Lipinski definition) is 5. The van der Waals surface area contributed by atoms with Crippen molar-refractivity contribution in [2.45, 2.75) is 34.6 Å². The van der Waals surface area contributed by atoms with E-state index in [1.165, 1.54) is 11.8 Å². The van der Waals surface area contributed by atoms with Crippen LogP contribution in [-0.4, -0.2) is 28.2 Å². The lowest BCUT2D eigenvalue weighted by Gasteiger charge is -2.11. The number of carbonyl (C=O) groups excluding carboxylic acids is 2. The minimum absolute atomic E-state index is 0.164. The molecule has 0 bridgehead atoms. The van der Waals surface area contributed by atoms with Crippen molar-refractivity contribution in [1.29, 1.82) is 0 Å². The molecule has 1 fully saturated rings. The summed E-state index contributed by atoms with van der Waals surface area (Å²) >= 11 is 1.33. The Bertz CT molecular complexity index is 1350. The molecule has 0 unspecified atom stereocenters. The topological polar surface area (TPSA) is 72.7 Å². The third-order valence-corrected chi connectivity index (χ3v) is 6.73. The summed E-state index contributed by atoms with van der Waals surface area (Å²) in [7, 11) is 0. The number of rotatable bonds is 5. The highest BCUT2D eigenvalue weighted by Gasteiger charge is 2.25. The highest BCUT2D eigenvalue weighted by molar-refractivity contribution is 8.18. The van der Waals surface area contributed by atoms with Crippen LogP contribution in [0.5, 0.6) is 0 Å². The van der Waals surface area contributed by atoms with E-state index in [1.807, 2.05) is 76.2 Å². The maximum Gasteiger partial charge on any atom is 0.338 e. The van der Waals surface area contributed by atoms with Gasteiger partial charge in [0.1, 0.15) is 0 Å². The first-order valence-electron chi connectivity index (χ1n) is 11.1. The SMILES string of the molecule is CCOC(=O)c1cccc(-n2c(C)cc(/C=C3\SC(=Nc4cccc(C)c4C)NC3=O)c2C)c1. The number of amidine groups is 1. The standard InChI is InChI=1S/C27H27N3O3S/c1-6-33-26(32)20-10-8-11-22(14-20)30-17(3)13-21(19(30)5)15-24-25(31)29-27(34-24)28-23-12-7-9-16(2)18(23)4/h7-15H,6H2,1-5H3,(H,28,29,31)/b24-15-. The van der Waals surface area contributed by atoms with E-state index in [4.69, 9.17) is 4.74 Å². The minimum atomic E-state index is -0.344. The molecule has 4 rings (SSSR count). The summed E-state index contributed by atoms with van der Waals surface area (Å²) in [4.78, 5) is 30.1. The molecular formula is C27H27N3O3S. The van der Waals surface area contributed by atoms with Gasteiger partial charge in [0, 0.05) is 17.1 Å². The number of aryl methyl sites for hydroxylation is 2. The van der Waals surface area contributed by atoms with Crippen molar-refractivity contribution < 1.29 is 14.3 Å². The molecule has 1 aliphatic rings. The summed E-state index contributed by atoms with van der Waals surface area (Å²) < 4.78 is 7.20. The monoisotopic (exact) mass is 473 g/mol. The highest BCUT2D eigenvalue weighted by Crippen LogP contribution is 2.31. The first kappa shape index (κ1) is 23.6. The fourth-order valence-electron chi connectivity index (χ4n) is 3.91. The van der Waals surface area contributed by atoms with Gasteiger partial charge >= 0.3 is 5.97 Å². The Labute approximate surface area is 203 Å². The maximum absolute atomic E-state index is 12.6. The van der Waals surface area contributed by atoms with Crippen molar-refractivity contribution in [2.24, 2.45) is 4.99 Å². The quantitative estimate of drug-likeness (QED) is 0.377. The van der Waals surface area contributed by atoms with Crippen molar-refractivity contribution >= 4 is 40.6 Å². The second-order valence-corrected chi connectivity index (χ2v) is 9.16. The van der Waals surface area contributed by atoms with E-state index in [2.05, 4.69) is 14.9 Å². The fourth-order valence-corrected chi connectivity index (χ4v) is 4.73. The molecule has 2 aromatic carbocycles. The van der Waals surface area contributed by atoms with Crippen LogP contribution in [0.25, 0.3) is 11.8 Å². The molecule has 0 saturated carbocycles. The van der Waals surface area contributed by atoms with E-state index in [9.17, 15) is 9.59 Å². The molecule has 1 amide bonds. The number of aromatic nitrogens is 1. The Balaban J connectivity index is 1.64. The molecular weight excluding hydrogens is 446 g/mol. The molecule has 174 valence electrons. The first-order chi connectivity index (χ1) is 16.3. The predicted octanol–water partition coefficient (Wildman–Crippen LogP) is 5.78. The number of ether oxygens (including phenoxy) is 1. The second kappa shape index (κ2) is 9.73. The van der Waals surface area contributed by atoms with E-state index in [0.717, 1.165) is 39.5 Å². The molecule has 0 aliphatic carbocycles. The van der Waals surface area contributed by atoms with Gasteiger partial charge in [0.15, 0.2) is 5.17 Å². The van der Waals surface area contributed by atoms with Crippen molar-refractivity contribution in [3.8, 4) is 5.69 Å². The molecule has 6 nitrogen and oxygen atoms in total. The number of nitrogens with one attached hydrogen (secondary N) is 1. The van der Waals surface area contributed by atoms with Crippen LogP contribution in [0.15, 0.2) is 58.4 Å². The van der Waals surface area contributed by atoms with Gasteiger partial charge in [-0.25, -0.2) is 9.79 Å². The molecule has 1 aromatic heterocycles. The summed E-state index contributed by atoms with van der Waals surface area (Å²) in [6.07, 6.45) is 1.89. The van der Waals surface area contributed by atoms with Crippen LogP contribution in [-0.2, 0) is 9.53 Å². The summed E-state index contributed by atoms with van der Waals surface area (Å²) in [5.74, 6) is -0.507. The van der Waals surface area contributed by atoms with Crippen molar-refractivity contribution in [2.75, 3.05) is 6.61 Å². The van der Waals surface area contributed by atoms with E-state index >= 15 is 0 Å². The van der Waals surface area contributed by atoms with Crippen LogP contribution in [0.1, 0.15) is 45.4 Å². The number of amides is 1. The predicted molar refractivity (Wildman–Crippen MR) is 138 cm³/mol. The second-order valence-electron chi connectivity index (χ2n) is 8.13. The highest BCUT2D eigenvalue weighted by atomic mass is 32.2. The summed E-state index contributed by atoms with van der Waals surface area (Å²) in [6.45, 7) is 10.2. The first-order valence-corrected chi connectivity index (χ1v) is 11.9. The smallest absolute Gasteiger partial charge is 0.338 e. The van der Waals surface area contributed by atoms with Crippen LogP contribution in [0.3, 0.4) is 0 Å². The lowest BCUT2D eigenvalue weighted by atomic mass is 10.1. The molecule has 1 aliphatic heterocycles.